The third-order valence-corrected chi connectivity index (χ3v) is 3.81. The highest BCUT2D eigenvalue weighted by Crippen LogP contribution is 2.22. The van der Waals surface area contributed by atoms with Crippen LogP contribution in [0.3, 0.4) is 0 Å². The highest BCUT2D eigenvalue weighted by molar-refractivity contribution is 5.97. The minimum absolute atomic E-state index is 0.161. The van der Waals surface area contributed by atoms with Crippen LogP contribution >= 0.6 is 0 Å². The van der Waals surface area contributed by atoms with Crippen molar-refractivity contribution >= 4 is 11.8 Å². The molecule has 0 aliphatic rings. The van der Waals surface area contributed by atoms with Crippen LogP contribution < -0.4 is 9.47 Å². The molecule has 0 unspecified atom stereocenters. The van der Waals surface area contributed by atoms with Gasteiger partial charge in [-0.3, -0.25) is 4.79 Å². The minimum atomic E-state index is -0.564. The Hall–Kier alpha value is -3.40. The smallest absolute Gasteiger partial charge is 0.349 e. The molecule has 0 bridgehead atoms. The second kappa shape index (κ2) is 8.12. The monoisotopic (exact) mass is 346 g/mol. The first-order valence-corrected chi connectivity index (χ1v) is 8.22. The normalized spacial score (nSPS) is 10.2. The Bertz CT molecular complexity index is 899. The molecule has 0 fully saturated rings. The van der Waals surface area contributed by atoms with E-state index in [4.69, 9.17) is 9.47 Å². The number of carbonyl (C=O) groups is 2. The summed E-state index contributed by atoms with van der Waals surface area (Å²) in [6.45, 7) is 1.19. The van der Waals surface area contributed by atoms with Crippen LogP contribution in [-0.4, -0.2) is 18.4 Å². The van der Waals surface area contributed by atoms with Crippen molar-refractivity contribution in [1.82, 2.24) is 0 Å². The fraction of sp³-hybridized carbons (Fsp3) is 0.0909. The van der Waals surface area contributed by atoms with Gasteiger partial charge in [0.2, 0.25) is 0 Å². The number of ketones is 1. The maximum Gasteiger partial charge on any atom is 0.349 e. The zero-order valence-electron chi connectivity index (χ0n) is 14.3. The maximum atomic E-state index is 12.0. The van der Waals surface area contributed by atoms with Gasteiger partial charge in [-0.05, 0) is 42.3 Å². The van der Waals surface area contributed by atoms with Gasteiger partial charge >= 0.3 is 5.97 Å². The number of Topliss-reactive ketones (excluding diaryl/α,β-unsaturated/α-hetero) is 1. The Labute approximate surface area is 152 Å². The van der Waals surface area contributed by atoms with Gasteiger partial charge in [0.1, 0.15) is 11.5 Å². The highest BCUT2D eigenvalue weighted by atomic mass is 16.6. The van der Waals surface area contributed by atoms with Crippen molar-refractivity contribution in [3.63, 3.8) is 0 Å². The topological polar surface area (TPSA) is 52.6 Å². The molecule has 4 heteroatoms. The van der Waals surface area contributed by atoms with E-state index in [1.54, 1.807) is 36.4 Å². The second-order valence-electron chi connectivity index (χ2n) is 5.71. The van der Waals surface area contributed by atoms with Gasteiger partial charge in [-0.15, -0.1) is 0 Å². The van der Waals surface area contributed by atoms with Crippen molar-refractivity contribution in [2.75, 3.05) is 6.61 Å². The first kappa shape index (κ1) is 17.4. The summed E-state index contributed by atoms with van der Waals surface area (Å²) in [5.41, 5.74) is 2.54. The first-order chi connectivity index (χ1) is 12.6. The molecule has 0 heterocycles. The van der Waals surface area contributed by atoms with Crippen molar-refractivity contribution < 1.29 is 19.1 Å². The van der Waals surface area contributed by atoms with Crippen LogP contribution in [0.15, 0.2) is 78.9 Å². The summed E-state index contributed by atoms with van der Waals surface area (Å²) in [4.78, 5) is 23.5. The van der Waals surface area contributed by atoms with E-state index < -0.39 is 5.97 Å². The molecule has 0 aromatic heterocycles. The van der Waals surface area contributed by atoms with Gasteiger partial charge in [-0.1, -0.05) is 54.6 Å². The molecule has 0 saturated carbocycles. The lowest BCUT2D eigenvalue weighted by atomic mass is 10.1. The van der Waals surface area contributed by atoms with E-state index in [0.29, 0.717) is 11.3 Å². The van der Waals surface area contributed by atoms with E-state index in [0.717, 1.165) is 11.1 Å². The Morgan fingerprint density at radius 2 is 1.38 bits per heavy atom. The number of rotatable bonds is 6. The number of esters is 1. The average molecular weight is 346 g/mol. The van der Waals surface area contributed by atoms with E-state index in [9.17, 15) is 9.59 Å². The van der Waals surface area contributed by atoms with E-state index in [1.165, 1.54) is 6.92 Å². The summed E-state index contributed by atoms with van der Waals surface area (Å²) in [7, 11) is 0. The third-order valence-electron chi connectivity index (χ3n) is 3.81. The molecule has 0 amide bonds. The number of ether oxygens (including phenoxy) is 2. The predicted molar refractivity (Wildman–Crippen MR) is 99.5 cm³/mol. The summed E-state index contributed by atoms with van der Waals surface area (Å²) in [6, 6.07) is 24.1. The quantitative estimate of drug-likeness (QED) is 0.373. The second-order valence-corrected chi connectivity index (χ2v) is 5.71. The van der Waals surface area contributed by atoms with Crippen LogP contribution in [-0.2, 0) is 4.79 Å². The zero-order chi connectivity index (χ0) is 18.4. The fourth-order valence-electron chi connectivity index (χ4n) is 2.52. The lowest BCUT2D eigenvalue weighted by molar-refractivity contribution is -0.136. The van der Waals surface area contributed by atoms with E-state index in [2.05, 4.69) is 0 Å². The van der Waals surface area contributed by atoms with Gasteiger partial charge in [-0.25, -0.2) is 4.79 Å². The first-order valence-electron chi connectivity index (χ1n) is 8.22. The average Bonchev–Trinajstić information content (AvgIpc) is 2.68. The van der Waals surface area contributed by atoms with Crippen LogP contribution in [0.25, 0.3) is 11.1 Å². The molecule has 0 spiro atoms. The molecule has 0 aliphatic carbocycles. The van der Waals surface area contributed by atoms with E-state index in [-0.39, 0.29) is 18.1 Å². The highest BCUT2D eigenvalue weighted by Gasteiger charge is 2.12. The number of hydrogen-bond acceptors (Lipinski definition) is 4. The van der Waals surface area contributed by atoms with E-state index in [1.807, 2.05) is 42.5 Å². The summed E-state index contributed by atoms with van der Waals surface area (Å²) in [6.07, 6.45) is 0. The van der Waals surface area contributed by atoms with Crippen LogP contribution in [0, 0.1) is 0 Å². The summed E-state index contributed by atoms with van der Waals surface area (Å²) >= 11 is 0. The Morgan fingerprint density at radius 1 is 0.769 bits per heavy atom. The Morgan fingerprint density at radius 3 is 2.08 bits per heavy atom. The molecule has 0 atom stereocenters. The largest absolute Gasteiger partial charge is 0.482 e. The predicted octanol–water partition coefficient (Wildman–Crippen LogP) is 4.54. The van der Waals surface area contributed by atoms with Crippen molar-refractivity contribution in [3.05, 3.63) is 84.4 Å². The molecule has 3 aromatic rings. The molecule has 0 saturated heterocycles. The van der Waals surface area contributed by atoms with Crippen LogP contribution in [0.1, 0.15) is 17.3 Å². The van der Waals surface area contributed by atoms with Crippen LogP contribution in [0.2, 0.25) is 0 Å². The van der Waals surface area contributed by atoms with Gasteiger partial charge in [-0.2, -0.15) is 0 Å². The summed E-state index contributed by atoms with van der Waals surface area (Å²) in [5, 5.41) is 0. The summed E-state index contributed by atoms with van der Waals surface area (Å²) < 4.78 is 10.7. The van der Waals surface area contributed by atoms with E-state index >= 15 is 0 Å². The van der Waals surface area contributed by atoms with Crippen LogP contribution in [0.5, 0.6) is 11.5 Å². The lowest BCUT2D eigenvalue weighted by Gasteiger charge is -2.09. The molecular weight excluding hydrogens is 328 g/mol. The molecule has 3 rings (SSSR count). The maximum absolute atomic E-state index is 12.0. The van der Waals surface area contributed by atoms with Crippen LogP contribution in [0.4, 0.5) is 0 Å². The number of benzene rings is 3. The number of carbonyl (C=O) groups excluding carboxylic acids is 2. The number of hydrogen-bond donors (Lipinski definition) is 0. The molecule has 3 aromatic carbocycles. The van der Waals surface area contributed by atoms with Gasteiger partial charge in [0.05, 0.1) is 5.56 Å². The van der Waals surface area contributed by atoms with Crippen molar-refractivity contribution in [2.45, 2.75) is 6.92 Å². The van der Waals surface area contributed by atoms with Crippen molar-refractivity contribution in [1.29, 1.82) is 0 Å². The Balaban J connectivity index is 1.59. The standard InChI is InChI=1S/C22H18O4/c1-16(23)20-9-5-6-10-21(20)26-22(24)15-25-19-13-11-18(12-14-19)17-7-3-2-4-8-17/h2-14H,15H2,1H3. The minimum Gasteiger partial charge on any atom is -0.482 e. The van der Waals surface area contributed by atoms with Gasteiger partial charge in [0.15, 0.2) is 12.4 Å². The molecule has 4 nitrogen and oxygen atoms in total. The SMILES string of the molecule is CC(=O)c1ccccc1OC(=O)COc1ccc(-c2ccccc2)cc1. The van der Waals surface area contributed by atoms with Gasteiger partial charge in [0, 0.05) is 0 Å². The fourth-order valence-corrected chi connectivity index (χ4v) is 2.52. The zero-order valence-corrected chi connectivity index (χ0v) is 14.3. The molecular formula is C22H18O4. The third kappa shape index (κ3) is 4.36. The molecule has 26 heavy (non-hydrogen) atoms. The Kier molecular flexibility index (Phi) is 5.44. The molecule has 0 N–H and O–H groups in total. The molecule has 0 radical (unpaired) electrons. The van der Waals surface area contributed by atoms with Crippen molar-refractivity contribution in [3.8, 4) is 22.6 Å². The lowest BCUT2D eigenvalue weighted by Crippen LogP contribution is -2.18. The van der Waals surface area contributed by atoms with Gasteiger partial charge < -0.3 is 9.47 Å². The number of para-hydroxylation sites is 1. The van der Waals surface area contributed by atoms with Crippen molar-refractivity contribution in [2.24, 2.45) is 0 Å². The van der Waals surface area contributed by atoms with Gasteiger partial charge in [0.25, 0.3) is 0 Å². The molecule has 0 aliphatic heterocycles. The summed E-state index contributed by atoms with van der Waals surface area (Å²) in [5.74, 6) is 0.0890. The molecule has 130 valence electrons.